The Balaban J connectivity index is 1.66. The van der Waals surface area contributed by atoms with Crippen LogP contribution in [0.2, 0.25) is 0 Å². The van der Waals surface area contributed by atoms with E-state index in [4.69, 9.17) is 4.74 Å². The van der Waals surface area contributed by atoms with Crippen LogP contribution in [0.4, 0.5) is 0 Å². The van der Waals surface area contributed by atoms with Crippen LogP contribution in [0.15, 0.2) is 36.9 Å². The van der Waals surface area contributed by atoms with Gasteiger partial charge in [-0.05, 0) is 12.1 Å². The predicted molar refractivity (Wildman–Crippen MR) is 89.5 cm³/mol. The van der Waals surface area contributed by atoms with Crippen molar-refractivity contribution in [3.63, 3.8) is 0 Å². The van der Waals surface area contributed by atoms with Crippen LogP contribution >= 0.6 is 0 Å². The predicted octanol–water partition coefficient (Wildman–Crippen LogP) is 0.943. The first-order chi connectivity index (χ1) is 11.8. The second kappa shape index (κ2) is 7.94. The fourth-order valence-corrected chi connectivity index (χ4v) is 2.70. The van der Waals surface area contributed by atoms with E-state index in [0.29, 0.717) is 24.5 Å². The number of amides is 1. The third-order valence-corrected chi connectivity index (χ3v) is 4.10. The first-order valence-electron chi connectivity index (χ1n) is 8.01. The highest BCUT2D eigenvalue weighted by molar-refractivity contribution is 5.93. The Morgan fingerprint density at radius 2 is 1.92 bits per heavy atom. The maximum Gasteiger partial charge on any atom is 0.272 e. The molecule has 0 aromatic carbocycles. The lowest BCUT2D eigenvalue weighted by atomic mass is 10.2. The van der Waals surface area contributed by atoms with Gasteiger partial charge in [-0.15, -0.1) is 0 Å². The minimum absolute atomic E-state index is 0.0277. The first-order valence-corrected chi connectivity index (χ1v) is 8.01. The summed E-state index contributed by atoms with van der Waals surface area (Å²) < 4.78 is 5.10. The number of carbonyl (C=O) groups is 1. The third kappa shape index (κ3) is 3.93. The molecule has 7 nitrogen and oxygen atoms in total. The summed E-state index contributed by atoms with van der Waals surface area (Å²) in [7, 11) is 1.70. The summed E-state index contributed by atoms with van der Waals surface area (Å²) >= 11 is 0. The van der Waals surface area contributed by atoms with E-state index in [2.05, 4.69) is 19.9 Å². The van der Waals surface area contributed by atoms with Crippen molar-refractivity contribution in [1.29, 1.82) is 0 Å². The van der Waals surface area contributed by atoms with Crippen molar-refractivity contribution in [3.05, 3.63) is 42.6 Å². The van der Waals surface area contributed by atoms with E-state index in [0.717, 1.165) is 31.8 Å². The number of methoxy groups -OCH3 is 1. The number of nitrogens with zero attached hydrogens (tertiary/aromatic N) is 5. The van der Waals surface area contributed by atoms with Gasteiger partial charge in [-0.3, -0.25) is 9.69 Å². The second-order valence-electron chi connectivity index (χ2n) is 5.66. The summed E-state index contributed by atoms with van der Waals surface area (Å²) in [6, 6.07) is 5.46. The SMILES string of the molecule is COCCN1CCN(C(=O)c2cccc(-c3cncnc3)n2)CC1. The molecular weight excluding hydrogens is 306 g/mol. The van der Waals surface area contributed by atoms with Gasteiger partial charge in [-0.25, -0.2) is 15.0 Å². The van der Waals surface area contributed by atoms with Gasteiger partial charge < -0.3 is 9.64 Å². The molecule has 3 rings (SSSR count). The van der Waals surface area contributed by atoms with Crippen molar-refractivity contribution in [1.82, 2.24) is 24.8 Å². The van der Waals surface area contributed by atoms with Gasteiger partial charge in [0.05, 0.1) is 12.3 Å². The molecule has 7 heteroatoms. The molecule has 0 aliphatic carbocycles. The maximum absolute atomic E-state index is 12.7. The molecule has 1 aliphatic rings. The lowest BCUT2D eigenvalue weighted by Crippen LogP contribution is -2.49. The summed E-state index contributed by atoms with van der Waals surface area (Å²) in [5.74, 6) is -0.0277. The molecule has 24 heavy (non-hydrogen) atoms. The minimum atomic E-state index is -0.0277. The van der Waals surface area contributed by atoms with Crippen LogP contribution < -0.4 is 0 Å². The maximum atomic E-state index is 12.7. The van der Waals surface area contributed by atoms with Crippen molar-refractivity contribution in [3.8, 4) is 11.3 Å². The van der Waals surface area contributed by atoms with Crippen molar-refractivity contribution in [2.24, 2.45) is 0 Å². The van der Waals surface area contributed by atoms with Gasteiger partial charge in [0.2, 0.25) is 0 Å². The summed E-state index contributed by atoms with van der Waals surface area (Å²) in [6.07, 6.45) is 4.86. The van der Waals surface area contributed by atoms with Gasteiger partial charge in [-0.1, -0.05) is 6.07 Å². The Morgan fingerprint density at radius 3 is 2.62 bits per heavy atom. The number of pyridine rings is 1. The molecule has 0 N–H and O–H groups in total. The zero-order valence-electron chi connectivity index (χ0n) is 13.8. The van der Waals surface area contributed by atoms with Crippen LogP contribution in [0.25, 0.3) is 11.3 Å². The summed E-state index contributed by atoms with van der Waals surface area (Å²) in [4.78, 5) is 29.3. The van der Waals surface area contributed by atoms with E-state index in [1.54, 1.807) is 25.6 Å². The Morgan fingerprint density at radius 1 is 1.17 bits per heavy atom. The zero-order valence-corrected chi connectivity index (χ0v) is 13.8. The molecule has 0 atom stereocenters. The third-order valence-electron chi connectivity index (χ3n) is 4.10. The highest BCUT2D eigenvalue weighted by Crippen LogP contribution is 2.16. The lowest BCUT2D eigenvalue weighted by Gasteiger charge is -2.34. The molecule has 1 fully saturated rings. The van der Waals surface area contributed by atoms with Crippen LogP contribution in [0.5, 0.6) is 0 Å². The fourth-order valence-electron chi connectivity index (χ4n) is 2.70. The van der Waals surface area contributed by atoms with E-state index in [-0.39, 0.29) is 5.91 Å². The molecular formula is C17H21N5O2. The Hall–Kier alpha value is -2.38. The highest BCUT2D eigenvalue weighted by Gasteiger charge is 2.22. The molecule has 1 aliphatic heterocycles. The van der Waals surface area contributed by atoms with E-state index in [9.17, 15) is 4.79 Å². The fraction of sp³-hybridized carbons (Fsp3) is 0.412. The Kier molecular flexibility index (Phi) is 5.45. The number of rotatable bonds is 5. The second-order valence-corrected chi connectivity index (χ2v) is 5.66. The van der Waals surface area contributed by atoms with Crippen LogP contribution in [-0.4, -0.2) is 77.1 Å². The average molecular weight is 327 g/mol. The smallest absolute Gasteiger partial charge is 0.272 e. The van der Waals surface area contributed by atoms with Crippen LogP contribution in [0, 0.1) is 0 Å². The molecule has 0 saturated carbocycles. The quantitative estimate of drug-likeness (QED) is 0.814. The molecule has 0 unspecified atom stereocenters. The van der Waals surface area contributed by atoms with Crippen LogP contribution in [-0.2, 0) is 4.74 Å². The zero-order chi connectivity index (χ0) is 16.8. The summed E-state index contributed by atoms with van der Waals surface area (Å²) in [5, 5.41) is 0. The monoisotopic (exact) mass is 327 g/mol. The van der Waals surface area contributed by atoms with Gasteiger partial charge in [0.25, 0.3) is 5.91 Å². The standard InChI is InChI=1S/C17H21N5O2/c1-24-10-9-21-5-7-22(8-6-21)17(23)16-4-2-3-15(20-16)14-11-18-13-19-12-14/h2-4,11-13H,5-10H2,1H3. The van der Waals surface area contributed by atoms with Gasteiger partial charge in [0.1, 0.15) is 12.0 Å². The number of carbonyl (C=O) groups excluding carboxylic acids is 1. The average Bonchev–Trinajstić information content (AvgIpc) is 2.67. The first kappa shape index (κ1) is 16.5. The molecule has 126 valence electrons. The number of hydrogen-bond donors (Lipinski definition) is 0. The molecule has 2 aromatic heterocycles. The van der Waals surface area contributed by atoms with E-state index in [1.165, 1.54) is 6.33 Å². The van der Waals surface area contributed by atoms with Gasteiger partial charge in [0, 0.05) is 57.8 Å². The van der Waals surface area contributed by atoms with Gasteiger partial charge >= 0.3 is 0 Å². The normalized spacial score (nSPS) is 15.5. The van der Waals surface area contributed by atoms with Crippen molar-refractivity contribution in [2.45, 2.75) is 0 Å². The molecule has 1 saturated heterocycles. The molecule has 0 bridgehead atoms. The van der Waals surface area contributed by atoms with Crippen LogP contribution in [0.1, 0.15) is 10.5 Å². The van der Waals surface area contributed by atoms with E-state index >= 15 is 0 Å². The summed E-state index contributed by atoms with van der Waals surface area (Å²) in [5.41, 5.74) is 1.97. The molecule has 2 aromatic rings. The topological polar surface area (TPSA) is 71.5 Å². The van der Waals surface area contributed by atoms with Gasteiger partial charge in [-0.2, -0.15) is 0 Å². The number of aromatic nitrogens is 3. The van der Waals surface area contributed by atoms with Crippen molar-refractivity contribution in [2.75, 3.05) is 46.4 Å². The minimum Gasteiger partial charge on any atom is -0.383 e. The van der Waals surface area contributed by atoms with E-state index < -0.39 is 0 Å². The van der Waals surface area contributed by atoms with E-state index in [1.807, 2.05) is 17.0 Å². The van der Waals surface area contributed by atoms with Crippen molar-refractivity contribution < 1.29 is 9.53 Å². The number of piperazine rings is 1. The summed E-state index contributed by atoms with van der Waals surface area (Å²) in [6.45, 7) is 4.77. The number of ether oxygens (including phenoxy) is 1. The Labute approximate surface area is 141 Å². The largest absolute Gasteiger partial charge is 0.383 e. The Bertz CT molecular complexity index is 672. The molecule has 3 heterocycles. The van der Waals surface area contributed by atoms with Gasteiger partial charge in [0.15, 0.2) is 0 Å². The molecule has 0 radical (unpaired) electrons. The molecule has 1 amide bonds. The lowest BCUT2D eigenvalue weighted by molar-refractivity contribution is 0.0589. The highest BCUT2D eigenvalue weighted by atomic mass is 16.5. The van der Waals surface area contributed by atoms with Crippen molar-refractivity contribution >= 4 is 5.91 Å². The van der Waals surface area contributed by atoms with Crippen LogP contribution in [0.3, 0.4) is 0 Å². The molecule has 0 spiro atoms. The number of hydrogen-bond acceptors (Lipinski definition) is 6.